The maximum atomic E-state index is 5.71. The molecule has 0 saturated carbocycles. The number of hydrogen-bond donors (Lipinski definition) is 1. The highest BCUT2D eigenvalue weighted by Gasteiger charge is 2.06. The molecule has 58 valence electrons. The van der Waals surface area contributed by atoms with Gasteiger partial charge < -0.3 is 5.43 Å². The van der Waals surface area contributed by atoms with Gasteiger partial charge in [-0.15, -0.1) is 6.42 Å². The molecule has 2 nitrogen and oxygen atoms in total. The first-order chi connectivity index (χ1) is 5.24. The highest BCUT2D eigenvalue weighted by Crippen LogP contribution is 2.20. The minimum absolute atomic E-state index is 0.455. The summed E-state index contributed by atoms with van der Waals surface area (Å²) in [5, 5.41) is 2.63. The number of hydrazine groups is 1. The Morgan fingerprint density at radius 1 is 1.55 bits per heavy atom. The van der Waals surface area contributed by atoms with E-state index in [1.54, 1.807) is 17.4 Å². The summed E-state index contributed by atoms with van der Waals surface area (Å²) in [6.07, 6.45) is 8.31. The van der Waals surface area contributed by atoms with E-state index < -0.39 is 0 Å². The maximum Gasteiger partial charge on any atom is 0.0992 e. The van der Waals surface area contributed by atoms with Crippen LogP contribution in [0.3, 0.4) is 0 Å². The zero-order valence-electron chi connectivity index (χ0n) is 5.64. The van der Waals surface area contributed by atoms with Crippen LogP contribution in [0.4, 0.5) is 0 Å². The summed E-state index contributed by atoms with van der Waals surface area (Å²) in [5.74, 6) is 2.46. The highest BCUT2D eigenvalue weighted by molar-refractivity contribution is 6.43. The molecule has 11 heavy (non-hydrogen) atoms. The first kappa shape index (κ1) is 8.32. The first-order valence-corrected chi connectivity index (χ1v) is 3.69. The number of nitrogens with zero attached hydrogens (tertiary/aromatic N) is 1. The molecule has 0 unspecified atom stereocenters. The molecule has 0 aromatic heterocycles. The summed E-state index contributed by atoms with van der Waals surface area (Å²) in [6.45, 7) is 0.455. The molecule has 0 aromatic carbocycles. The van der Waals surface area contributed by atoms with Crippen LogP contribution in [0, 0.1) is 12.3 Å². The Balaban J connectivity index is 2.63. The minimum atomic E-state index is 0.455. The molecule has 0 fully saturated rings. The Morgan fingerprint density at radius 2 is 2.27 bits per heavy atom. The maximum absolute atomic E-state index is 5.71. The summed E-state index contributed by atoms with van der Waals surface area (Å²) < 4.78 is 0. The van der Waals surface area contributed by atoms with E-state index in [2.05, 4.69) is 11.3 Å². The van der Waals surface area contributed by atoms with Crippen molar-refractivity contribution in [3.8, 4) is 12.3 Å². The second-order valence-electron chi connectivity index (χ2n) is 1.93. The summed E-state index contributed by atoms with van der Waals surface area (Å²) in [4.78, 5) is 0. The van der Waals surface area contributed by atoms with Crippen LogP contribution in [0.1, 0.15) is 0 Å². The van der Waals surface area contributed by atoms with Crippen molar-refractivity contribution >= 4 is 23.2 Å². The molecule has 4 heteroatoms. The van der Waals surface area contributed by atoms with Crippen LogP contribution in [-0.4, -0.2) is 11.6 Å². The number of nitrogens with one attached hydrogen (secondary N) is 1. The molecule has 0 spiro atoms. The third-order valence-corrected chi connectivity index (χ3v) is 1.83. The zero-order valence-corrected chi connectivity index (χ0v) is 7.15. The molecule has 1 aliphatic heterocycles. The van der Waals surface area contributed by atoms with Crippen LogP contribution in [-0.2, 0) is 0 Å². The third-order valence-electron chi connectivity index (χ3n) is 1.12. The second-order valence-corrected chi connectivity index (χ2v) is 2.74. The number of hydrogen-bond acceptors (Lipinski definition) is 2. The van der Waals surface area contributed by atoms with Crippen LogP contribution in [0.5, 0.6) is 0 Å². The van der Waals surface area contributed by atoms with E-state index in [4.69, 9.17) is 29.6 Å². The summed E-state index contributed by atoms with van der Waals surface area (Å²) in [6, 6.07) is 0. The molecule has 1 N–H and O–H groups in total. The van der Waals surface area contributed by atoms with Crippen molar-refractivity contribution < 1.29 is 0 Å². The molecule has 1 rings (SSSR count). The Bertz CT molecular complexity index is 250. The lowest BCUT2D eigenvalue weighted by Gasteiger charge is -2.21. The van der Waals surface area contributed by atoms with Crippen molar-refractivity contribution in [3.63, 3.8) is 0 Å². The van der Waals surface area contributed by atoms with Gasteiger partial charge >= 0.3 is 0 Å². The van der Waals surface area contributed by atoms with Crippen molar-refractivity contribution in [2.75, 3.05) is 6.54 Å². The first-order valence-electron chi connectivity index (χ1n) is 2.93. The normalized spacial score (nSPS) is 16.3. The van der Waals surface area contributed by atoms with E-state index in [-0.39, 0.29) is 0 Å². The van der Waals surface area contributed by atoms with E-state index in [9.17, 15) is 0 Å². The zero-order chi connectivity index (χ0) is 8.27. The fraction of sp³-hybridized carbons (Fsp3) is 0.143. The molecule has 1 heterocycles. The summed E-state index contributed by atoms with van der Waals surface area (Å²) in [7, 11) is 0. The van der Waals surface area contributed by atoms with Gasteiger partial charge in [0.25, 0.3) is 0 Å². The van der Waals surface area contributed by atoms with Gasteiger partial charge in [0.2, 0.25) is 0 Å². The van der Waals surface area contributed by atoms with Gasteiger partial charge in [0, 0.05) is 12.4 Å². The van der Waals surface area contributed by atoms with Gasteiger partial charge in [-0.3, -0.25) is 5.01 Å². The van der Waals surface area contributed by atoms with Crippen LogP contribution in [0.15, 0.2) is 22.5 Å². The van der Waals surface area contributed by atoms with Gasteiger partial charge in [0.05, 0.1) is 16.6 Å². The predicted molar refractivity (Wildman–Crippen MR) is 46.5 cm³/mol. The lowest BCUT2D eigenvalue weighted by molar-refractivity contribution is 0.349. The van der Waals surface area contributed by atoms with Crippen molar-refractivity contribution in [2.24, 2.45) is 0 Å². The topological polar surface area (TPSA) is 15.3 Å². The van der Waals surface area contributed by atoms with E-state index in [0.717, 1.165) is 0 Å². The van der Waals surface area contributed by atoms with Crippen molar-refractivity contribution in [2.45, 2.75) is 0 Å². The number of rotatable bonds is 1. The van der Waals surface area contributed by atoms with Gasteiger partial charge in [-0.1, -0.05) is 29.1 Å². The molecule has 0 amide bonds. The number of halogens is 2. The molecule has 0 radical (unpaired) electrons. The smallest absolute Gasteiger partial charge is 0.0992 e. The van der Waals surface area contributed by atoms with Crippen LogP contribution >= 0.6 is 23.2 Å². The third kappa shape index (κ3) is 2.07. The average molecular weight is 189 g/mol. The van der Waals surface area contributed by atoms with Crippen LogP contribution < -0.4 is 5.43 Å². The second kappa shape index (κ2) is 3.56. The van der Waals surface area contributed by atoms with Gasteiger partial charge in [-0.05, 0) is 0 Å². The van der Waals surface area contributed by atoms with E-state index in [1.807, 2.05) is 0 Å². The largest absolute Gasteiger partial charge is 0.304 e. The van der Waals surface area contributed by atoms with Gasteiger partial charge in [-0.2, -0.15) is 0 Å². The van der Waals surface area contributed by atoms with Gasteiger partial charge in [0.1, 0.15) is 0 Å². The van der Waals surface area contributed by atoms with Crippen molar-refractivity contribution in [1.82, 2.24) is 10.4 Å². The molecule has 0 saturated heterocycles. The number of terminal acetylenes is 1. The lowest BCUT2D eigenvalue weighted by Crippen LogP contribution is -2.31. The molecular formula is C7H6Cl2N2. The Morgan fingerprint density at radius 3 is 2.82 bits per heavy atom. The molecule has 0 atom stereocenters. The molecule has 0 aliphatic carbocycles. The van der Waals surface area contributed by atoms with E-state index in [0.29, 0.717) is 16.6 Å². The van der Waals surface area contributed by atoms with E-state index >= 15 is 0 Å². The highest BCUT2D eigenvalue weighted by atomic mass is 35.5. The quantitative estimate of drug-likeness (QED) is 0.630. The van der Waals surface area contributed by atoms with Crippen LogP contribution in [0.2, 0.25) is 0 Å². The summed E-state index contributed by atoms with van der Waals surface area (Å²) in [5.41, 5.74) is 2.84. The molecule has 0 aromatic rings. The SMILES string of the molecule is C#CCN1C=C(Cl)C(Cl)=CN1. The van der Waals surface area contributed by atoms with Crippen LogP contribution in [0.25, 0.3) is 0 Å². The monoisotopic (exact) mass is 188 g/mol. The Labute approximate surface area is 75.4 Å². The summed E-state index contributed by atoms with van der Waals surface area (Å²) >= 11 is 11.4. The average Bonchev–Trinajstić information content (AvgIpc) is 1.98. The lowest BCUT2D eigenvalue weighted by atomic mass is 10.5. The molecule has 0 bridgehead atoms. The molecular weight excluding hydrogens is 183 g/mol. The van der Waals surface area contributed by atoms with Crippen molar-refractivity contribution in [3.05, 3.63) is 22.5 Å². The van der Waals surface area contributed by atoms with Gasteiger partial charge in [0.15, 0.2) is 0 Å². The number of allylic oxidation sites excluding steroid dienone is 2. The minimum Gasteiger partial charge on any atom is -0.304 e. The van der Waals surface area contributed by atoms with Crippen molar-refractivity contribution in [1.29, 1.82) is 0 Å². The molecule has 1 aliphatic rings. The predicted octanol–water partition coefficient (Wildman–Crippen LogP) is 1.60. The standard InChI is InChI=1S/C7H6Cl2N2/c1-2-3-11-5-7(9)6(8)4-10-11/h1,4-5,10H,3H2. The van der Waals surface area contributed by atoms with E-state index in [1.165, 1.54) is 0 Å². The fourth-order valence-electron chi connectivity index (χ4n) is 0.634. The Hall–Kier alpha value is -0.780. The Kier molecular flexibility index (Phi) is 2.70. The van der Waals surface area contributed by atoms with Gasteiger partial charge in [-0.25, -0.2) is 0 Å². The fourth-order valence-corrected chi connectivity index (χ4v) is 0.904.